The average Bonchev–Trinajstić information content (AvgIpc) is 2.06. The molecular weight excluding hydrogens is 172 g/mol. The van der Waals surface area contributed by atoms with Crippen molar-refractivity contribution in [1.29, 1.82) is 0 Å². The van der Waals surface area contributed by atoms with Crippen molar-refractivity contribution in [2.45, 2.75) is 51.9 Å². The van der Waals surface area contributed by atoms with Gasteiger partial charge in [0.05, 0.1) is 12.2 Å². The summed E-state index contributed by atoms with van der Waals surface area (Å²) in [6.07, 6.45) is -0.767. The van der Waals surface area contributed by atoms with Gasteiger partial charge in [0, 0.05) is 6.42 Å². The summed E-state index contributed by atoms with van der Waals surface area (Å²) in [6.45, 7) is 5.76. The molecule has 1 fully saturated rings. The molecular formula is C9H18O4. The van der Waals surface area contributed by atoms with E-state index in [0.29, 0.717) is 6.42 Å². The van der Waals surface area contributed by atoms with E-state index in [1.165, 1.54) is 0 Å². The van der Waals surface area contributed by atoms with E-state index >= 15 is 0 Å². The van der Waals surface area contributed by atoms with Crippen molar-refractivity contribution in [3.63, 3.8) is 0 Å². The summed E-state index contributed by atoms with van der Waals surface area (Å²) in [4.78, 5) is 10.4. The Morgan fingerprint density at radius 1 is 1.38 bits per heavy atom. The van der Waals surface area contributed by atoms with Crippen molar-refractivity contribution in [3.8, 4) is 0 Å². The van der Waals surface area contributed by atoms with Crippen LogP contribution < -0.4 is 0 Å². The highest BCUT2D eigenvalue weighted by molar-refractivity contribution is 5.72. The Bertz CT molecular complexity index is 148. The molecule has 0 aromatic carbocycles. The van der Waals surface area contributed by atoms with Gasteiger partial charge in [0.25, 0.3) is 0 Å². The quantitative estimate of drug-likeness (QED) is 0.648. The fraction of sp³-hybridized carbons (Fsp3) is 0.889. The van der Waals surface area contributed by atoms with Crippen LogP contribution in [0.2, 0.25) is 0 Å². The van der Waals surface area contributed by atoms with Gasteiger partial charge in [0.15, 0.2) is 6.10 Å². The molecule has 0 saturated carbocycles. The third-order valence-corrected chi connectivity index (χ3v) is 1.76. The highest BCUT2D eigenvalue weighted by Crippen LogP contribution is 2.18. The summed E-state index contributed by atoms with van der Waals surface area (Å²) in [6, 6.07) is 0. The van der Waals surface area contributed by atoms with Gasteiger partial charge in [-0.2, -0.15) is 0 Å². The van der Waals surface area contributed by atoms with Gasteiger partial charge in [0.2, 0.25) is 0 Å². The number of hydrogen-bond donors (Lipinski definition) is 2. The van der Waals surface area contributed by atoms with E-state index in [2.05, 4.69) is 0 Å². The molecule has 0 aromatic rings. The zero-order valence-corrected chi connectivity index (χ0v) is 8.36. The predicted octanol–water partition coefficient (Wildman–Crippen LogP) is 1.03. The molecule has 13 heavy (non-hydrogen) atoms. The minimum atomic E-state index is -0.990. The maximum absolute atomic E-state index is 10.4. The Kier molecular flexibility index (Phi) is 5.66. The molecule has 0 aliphatic carbocycles. The number of aliphatic hydroxyl groups is 1. The maximum atomic E-state index is 10.4. The normalized spacial score (nSPS) is 33.1. The molecule has 4 heteroatoms. The maximum Gasteiger partial charge on any atom is 0.332 e. The van der Waals surface area contributed by atoms with Gasteiger partial charge in [-0.25, -0.2) is 4.79 Å². The van der Waals surface area contributed by atoms with E-state index in [9.17, 15) is 4.79 Å². The molecule has 1 aliphatic rings. The van der Waals surface area contributed by atoms with E-state index in [4.69, 9.17) is 14.9 Å². The molecule has 0 amide bonds. The van der Waals surface area contributed by atoms with Gasteiger partial charge in [-0.05, 0) is 13.3 Å². The summed E-state index contributed by atoms with van der Waals surface area (Å²) in [7, 11) is 0. The van der Waals surface area contributed by atoms with Crippen molar-refractivity contribution in [3.05, 3.63) is 0 Å². The smallest absolute Gasteiger partial charge is 0.332 e. The van der Waals surface area contributed by atoms with E-state index in [0.717, 1.165) is 0 Å². The average molecular weight is 190 g/mol. The van der Waals surface area contributed by atoms with E-state index in [-0.39, 0.29) is 12.5 Å². The molecule has 1 aliphatic heterocycles. The number of rotatable bonds is 1. The molecule has 1 rings (SSSR count). The van der Waals surface area contributed by atoms with E-state index in [1.54, 1.807) is 6.92 Å². The lowest BCUT2D eigenvalue weighted by Crippen LogP contribution is -2.38. The van der Waals surface area contributed by atoms with E-state index < -0.39 is 18.2 Å². The molecule has 3 atom stereocenters. The number of ether oxygens (including phenoxy) is 1. The van der Waals surface area contributed by atoms with Crippen LogP contribution in [0.4, 0.5) is 0 Å². The Morgan fingerprint density at radius 2 is 1.92 bits per heavy atom. The van der Waals surface area contributed by atoms with Crippen LogP contribution in [0.1, 0.15) is 33.6 Å². The summed E-state index contributed by atoms with van der Waals surface area (Å²) in [5, 5.41) is 17.7. The van der Waals surface area contributed by atoms with Crippen LogP contribution in [0.3, 0.4) is 0 Å². The van der Waals surface area contributed by atoms with Crippen LogP contribution in [0.15, 0.2) is 0 Å². The first-order chi connectivity index (χ1) is 6.09. The highest BCUT2D eigenvalue weighted by atomic mass is 16.5. The lowest BCUT2D eigenvalue weighted by molar-refractivity contribution is -0.164. The van der Waals surface area contributed by atoms with Crippen LogP contribution in [0, 0.1) is 0 Å². The topological polar surface area (TPSA) is 66.8 Å². The van der Waals surface area contributed by atoms with Crippen LogP contribution in [0.25, 0.3) is 0 Å². The fourth-order valence-corrected chi connectivity index (χ4v) is 1.28. The van der Waals surface area contributed by atoms with Crippen molar-refractivity contribution in [1.82, 2.24) is 0 Å². The second kappa shape index (κ2) is 5.94. The molecule has 0 bridgehead atoms. The lowest BCUT2D eigenvalue weighted by Gasteiger charge is -2.28. The molecule has 1 heterocycles. The fourth-order valence-electron chi connectivity index (χ4n) is 1.28. The minimum absolute atomic E-state index is 0.153. The van der Waals surface area contributed by atoms with Crippen molar-refractivity contribution < 1.29 is 19.7 Å². The Labute approximate surface area is 78.5 Å². The van der Waals surface area contributed by atoms with Gasteiger partial charge < -0.3 is 14.9 Å². The van der Waals surface area contributed by atoms with E-state index in [1.807, 2.05) is 13.8 Å². The van der Waals surface area contributed by atoms with Gasteiger partial charge >= 0.3 is 5.97 Å². The molecule has 0 radical (unpaired) electrons. The van der Waals surface area contributed by atoms with Gasteiger partial charge in [-0.1, -0.05) is 13.8 Å². The first kappa shape index (κ1) is 12.4. The third kappa shape index (κ3) is 4.24. The van der Waals surface area contributed by atoms with Gasteiger partial charge in [-0.15, -0.1) is 0 Å². The predicted molar refractivity (Wildman–Crippen MR) is 48.6 cm³/mol. The second-order valence-corrected chi connectivity index (χ2v) is 2.90. The second-order valence-electron chi connectivity index (χ2n) is 2.90. The SMILES string of the molecule is CC.CC1C[C@@H](O)C[C@@H](C(=O)O)O1. The summed E-state index contributed by atoms with van der Waals surface area (Å²) in [5.41, 5.74) is 0. The van der Waals surface area contributed by atoms with Crippen molar-refractivity contribution >= 4 is 5.97 Å². The minimum Gasteiger partial charge on any atom is -0.479 e. The lowest BCUT2D eigenvalue weighted by atomic mass is 10.0. The molecule has 1 saturated heterocycles. The molecule has 2 N–H and O–H groups in total. The Morgan fingerprint density at radius 3 is 2.31 bits per heavy atom. The van der Waals surface area contributed by atoms with Crippen LogP contribution in [-0.2, 0) is 9.53 Å². The van der Waals surface area contributed by atoms with Crippen LogP contribution >= 0.6 is 0 Å². The number of hydrogen-bond acceptors (Lipinski definition) is 3. The van der Waals surface area contributed by atoms with Gasteiger partial charge in [0.1, 0.15) is 0 Å². The number of carboxylic acid groups (broad SMARTS) is 1. The highest BCUT2D eigenvalue weighted by Gasteiger charge is 2.30. The Hall–Kier alpha value is -0.610. The number of aliphatic hydroxyl groups excluding tert-OH is 1. The molecule has 1 unspecified atom stereocenters. The van der Waals surface area contributed by atoms with Crippen molar-refractivity contribution in [2.75, 3.05) is 0 Å². The molecule has 4 nitrogen and oxygen atoms in total. The molecule has 78 valence electrons. The summed E-state index contributed by atoms with van der Waals surface area (Å²) in [5.74, 6) is -0.990. The Balaban J connectivity index is 0.000000671. The standard InChI is InChI=1S/C7H12O4.C2H6/c1-4-2-5(8)3-6(11-4)7(9)10;1-2/h4-6,8H,2-3H2,1H3,(H,9,10);1-2H3/t4?,5-,6+;/m1./s1. The van der Waals surface area contributed by atoms with Crippen LogP contribution in [-0.4, -0.2) is 34.5 Å². The number of carbonyl (C=O) groups is 1. The molecule has 0 aromatic heterocycles. The third-order valence-electron chi connectivity index (χ3n) is 1.76. The van der Waals surface area contributed by atoms with Crippen molar-refractivity contribution in [2.24, 2.45) is 0 Å². The number of aliphatic carboxylic acids is 1. The first-order valence-electron chi connectivity index (χ1n) is 4.66. The van der Waals surface area contributed by atoms with Crippen LogP contribution in [0.5, 0.6) is 0 Å². The zero-order valence-electron chi connectivity index (χ0n) is 8.36. The monoisotopic (exact) mass is 190 g/mol. The number of carboxylic acids is 1. The molecule has 0 spiro atoms. The summed E-state index contributed by atoms with van der Waals surface area (Å²) < 4.78 is 5.06. The first-order valence-corrected chi connectivity index (χ1v) is 4.66. The zero-order chi connectivity index (χ0) is 10.4. The van der Waals surface area contributed by atoms with Gasteiger partial charge in [-0.3, -0.25) is 0 Å². The largest absolute Gasteiger partial charge is 0.479 e. The summed E-state index contributed by atoms with van der Waals surface area (Å²) >= 11 is 0.